The summed E-state index contributed by atoms with van der Waals surface area (Å²) < 4.78 is 31.3. The van der Waals surface area contributed by atoms with Crippen molar-refractivity contribution in [2.75, 3.05) is 0 Å². The van der Waals surface area contributed by atoms with Crippen LogP contribution in [0.3, 0.4) is 0 Å². The predicted octanol–water partition coefficient (Wildman–Crippen LogP) is 10.4. The fraction of sp³-hybridized carbons (Fsp3) is 0.143. The Morgan fingerprint density at radius 2 is 1.17 bits per heavy atom. The summed E-state index contributed by atoms with van der Waals surface area (Å²) in [5.74, 6) is -0.306. The minimum absolute atomic E-state index is 0.306. The molecule has 0 nitrogen and oxygen atoms in total. The first-order valence-corrected chi connectivity index (χ1v) is 12.2. The summed E-state index contributed by atoms with van der Waals surface area (Å²) in [7, 11) is 0. The Kier molecular flexibility index (Phi) is 10.7. The van der Waals surface area contributed by atoms with Gasteiger partial charge in [0, 0.05) is 32.4 Å². The Hall–Kier alpha value is 2.14. The van der Waals surface area contributed by atoms with E-state index < -0.39 is 6.67 Å². The molecule has 0 saturated heterocycles. The van der Waals surface area contributed by atoms with Gasteiger partial charge in [0.1, 0.15) is 6.67 Å². The van der Waals surface area contributed by atoms with Gasteiger partial charge in [0.2, 0.25) is 0 Å². The zero-order valence-corrected chi connectivity index (χ0v) is 24.3. The number of benzene rings is 2. The Morgan fingerprint density at radius 3 is 1.58 bits per heavy atom. The molecule has 0 N–H and O–H groups in total. The first-order chi connectivity index (χ1) is 11.0. The van der Waals surface area contributed by atoms with Gasteiger partial charge in [-0.05, 0) is 130 Å². The van der Waals surface area contributed by atoms with Crippen molar-refractivity contribution in [3.05, 3.63) is 58.8 Å². The maximum Gasteiger partial charge on any atom is 0.153 e. The normalized spacial score (nSPS) is 10.5. The summed E-state index contributed by atoms with van der Waals surface area (Å²) in [5, 5.41) is 0. The van der Waals surface area contributed by atoms with Crippen molar-refractivity contribution in [3.63, 3.8) is 0 Å². The average molecular weight is 851 g/mol. The molecule has 0 fully saturated rings. The van der Waals surface area contributed by atoms with Gasteiger partial charge in [-0.25, -0.2) is 8.78 Å². The molecule has 0 heterocycles. The number of hydrogen-bond acceptors (Lipinski definition) is 0. The Labute approximate surface area is 205 Å². The van der Waals surface area contributed by atoms with Crippen LogP contribution in [0.4, 0.5) is 8.78 Å². The number of hydrogen-bond donors (Lipinski definition) is 0. The first kappa shape index (κ1) is 24.2. The zero-order chi connectivity index (χ0) is 18.8. The molecule has 2 rings (SSSR count). The largest absolute Gasteiger partial charge is 0.246 e. The Morgan fingerprint density at radius 1 is 0.708 bits per heavy atom. The molecule has 24 heavy (non-hydrogen) atoms. The third kappa shape index (κ3) is 5.58. The summed E-state index contributed by atoms with van der Waals surface area (Å²) in [6, 6.07) is 1.81. The maximum absolute atomic E-state index is 13.3. The smallest absolute Gasteiger partial charge is 0.153 e. The van der Waals surface area contributed by atoms with Gasteiger partial charge >= 0.3 is 0 Å². The van der Waals surface area contributed by atoms with Crippen LogP contribution in [0.5, 0.6) is 0 Å². The van der Waals surface area contributed by atoms with E-state index in [1.54, 1.807) is 0 Å². The van der Waals surface area contributed by atoms with E-state index in [1.807, 2.05) is 13.0 Å². The second-order valence-electron chi connectivity index (χ2n) is 4.28. The topological polar surface area (TPSA) is 0 Å². The molecule has 0 aliphatic rings. The fourth-order valence-electron chi connectivity index (χ4n) is 1.44. The highest BCUT2D eigenvalue weighted by atomic mass is 79.9. The van der Waals surface area contributed by atoms with E-state index in [2.05, 4.69) is 127 Å². The van der Waals surface area contributed by atoms with Crippen LogP contribution in [-0.2, 0) is 6.67 Å². The molecule has 132 valence electrons. The SMILES string of the molecule is Cc1c(Br)c(Br)c(F)c(Br)c1Br.FCc1c(Br)cc(Br)c(Br)c1Br. The van der Waals surface area contributed by atoms with E-state index >= 15 is 0 Å². The molecule has 0 spiro atoms. The van der Waals surface area contributed by atoms with Crippen LogP contribution in [0.1, 0.15) is 11.1 Å². The van der Waals surface area contributed by atoms with Crippen molar-refractivity contribution in [3.8, 4) is 0 Å². The van der Waals surface area contributed by atoms with Crippen molar-refractivity contribution in [1.82, 2.24) is 0 Å². The molecule has 0 radical (unpaired) electrons. The summed E-state index contributed by atoms with van der Waals surface area (Å²) in [4.78, 5) is 0. The quantitative estimate of drug-likeness (QED) is 0.198. The molecular weight excluding hydrogens is 845 g/mol. The highest BCUT2D eigenvalue weighted by Gasteiger charge is 2.15. The first-order valence-electron chi connectivity index (χ1n) is 5.90. The van der Waals surface area contributed by atoms with Crippen LogP contribution in [0.25, 0.3) is 0 Å². The van der Waals surface area contributed by atoms with E-state index in [0.29, 0.717) is 14.5 Å². The molecule has 0 unspecified atom stereocenters. The van der Waals surface area contributed by atoms with Gasteiger partial charge < -0.3 is 0 Å². The molecule has 0 amide bonds. The summed E-state index contributed by atoms with van der Waals surface area (Å²) >= 11 is 26.1. The van der Waals surface area contributed by atoms with Gasteiger partial charge in [-0.3, -0.25) is 0 Å². The van der Waals surface area contributed by atoms with Crippen LogP contribution in [0.2, 0.25) is 0 Å². The molecule has 0 atom stereocenters. The van der Waals surface area contributed by atoms with Gasteiger partial charge in [0.05, 0.1) is 8.95 Å². The number of rotatable bonds is 1. The zero-order valence-electron chi connectivity index (χ0n) is 11.6. The van der Waals surface area contributed by atoms with Crippen LogP contribution in [0.15, 0.2) is 41.8 Å². The van der Waals surface area contributed by atoms with Gasteiger partial charge in [-0.1, -0.05) is 15.9 Å². The second kappa shape index (κ2) is 10.6. The molecule has 0 aromatic heterocycles. The highest BCUT2D eigenvalue weighted by molar-refractivity contribution is 9.15. The minimum Gasteiger partial charge on any atom is -0.246 e. The molecule has 2 aromatic carbocycles. The van der Waals surface area contributed by atoms with Crippen LogP contribution in [-0.4, -0.2) is 0 Å². The van der Waals surface area contributed by atoms with Crippen molar-refractivity contribution < 1.29 is 8.78 Å². The number of halogens is 10. The Bertz CT molecular complexity index is 671. The predicted molar refractivity (Wildman–Crippen MR) is 124 cm³/mol. The van der Waals surface area contributed by atoms with Crippen LogP contribution >= 0.6 is 127 Å². The molecule has 0 saturated carbocycles. The van der Waals surface area contributed by atoms with E-state index in [4.69, 9.17) is 0 Å². The van der Waals surface area contributed by atoms with Crippen molar-refractivity contribution in [2.45, 2.75) is 13.6 Å². The third-order valence-corrected chi connectivity index (χ3v) is 11.4. The summed E-state index contributed by atoms with van der Waals surface area (Å²) in [6.07, 6.45) is 0. The lowest BCUT2D eigenvalue weighted by Crippen LogP contribution is -1.88. The maximum atomic E-state index is 13.3. The van der Waals surface area contributed by atoms with Gasteiger partial charge in [-0.2, -0.15) is 0 Å². The lowest BCUT2D eigenvalue weighted by atomic mass is 10.2. The van der Waals surface area contributed by atoms with E-state index in [9.17, 15) is 8.78 Å². The van der Waals surface area contributed by atoms with Gasteiger partial charge in [0.15, 0.2) is 5.82 Å². The van der Waals surface area contributed by atoms with Crippen molar-refractivity contribution in [2.24, 2.45) is 0 Å². The lowest BCUT2D eigenvalue weighted by molar-refractivity contribution is 0.482. The molecule has 2 aromatic rings. The second-order valence-corrected chi connectivity index (χ2v) is 10.7. The van der Waals surface area contributed by atoms with E-state index in [0.717, 1.165) is 32.4 Å². The molecule has 0 aliphatic carbocycles. The van der Waals surface area contributed by atoms with Crippen molar-refractivity contribution in [1.29, 1.82) is 0 Å². The van der Waals surface area contributed by atoms with Crippen LogP contribution < -0.4 is 0 Å². The fourth-order valence-corrected chi connectivity index (χ4v) is 6.40. The minimum atomic E-state index is -0.493. The lowest BCUT2D eigenvalue weighted by Gasteiger charge is -2.07. The Balaban J connectivity index is 0.000000240. The van der Waals surface area contributed by atoms with Gasteiger partial charge in [0.25, 0.3) is 0 Å². The monoisotopic (exact) mass is 843 g/mol. The van der Waals surface area contributed by atoms with Crippen LogP contribution in [0, 0.1) is 12.7 Å². The molecular formula is C14H6Br8F2. The van der Waals surface area contributed by atoms with Crippen molar-refractivity contribution >= 4 is 127 Å². The highest BCUT2D eigenvalue weighted by Crippen LogP contribution is 2.40. The van der Waals surface area contributed by atoms with E-state index in [-0.39, 0.29) is 5.82 Å². The summed E-state index contributed by atoms with van der Waals surface area (Å²) in [6.45, 7) is 1.40. The molecule has 10 heteroatoms. The third-order valence-electron chi connectivity index (χ3n) is 2.77. The molecule has 0 bridgehead atoms. The van der Waals surface area contributed by atoms with E-state index in [1.165, 1.54) is 0 Å². The summed E-state index contributed by atoms with van der Waals surface area (Å²) in [5.41, 5.74) is 1.57. The van der Waals surface area contributed by atoms with Gasteiger partial charge in [-0.15, -0.1) is 0 Å². The number of alkyl halides is 1. The average Bonchev–Trinajstić information content (AvgIpc) is 2.55. The standard InChI is InChI=1S/2C7H3Br4F/c8-4-1-5(9)7(11)6(10)3(4)2-12;1-2-3(8)5(10)7(12)6(11)4(2)9/h1H,2H2;1H3. The molecule has 0 aliphatic heterocycles.